The lowest BCUT2D eigenvalue weighted by Crippen LogP contribution is -2.37. The fourth-order valence-electron chi connectivity index (χ4n) is 5.16. The summed E-state index contributed by atoms with van der Waals surface area (Å²) in [4.78, 5) is 22.4. The van der Waals surface area contributed by atoms with Crippen LogP contribution in [0.25, 0.3) is 21.9 Å². The molecule has 3 atom stereocenters. The van der Waals surface area contributed by atoms with E-state index in [9.17, 15) is 9.36 Å². The number of nitrogens with one attached hydrogen (secondary N) is 1. The summed E-state index contributed by atoms with van der Waals surface area (Å²) in [6, 6.07) is 23.7. The van der Waals surface area contributed by atoms with E-state index in [0.717, 1.165) is 29.3 Å². The van der Waals surface area contributed by atoms with Gasteiger partial charge in [-0.25, -0.2) is 19.3 Å². The van der Waals surface area contributed by atoms with E-state index in [1.54, 1.807) is 55.5 Å². The molecule has 5 rings (SSSR count). The number of nitrogen functional groups attached to an aromatic ring is 1. The number of hydrogen-bond donors (Lipinski definition) is 2. The molecule has 0 aliphatic carbocycles. The van der Waals surface area contributed by atoms with Gasteiger partial charge in [0.25, 0.3) is 0 Å². The summed E-state index contributed by atoms with van der Waals surface area (Å²) in [5.74, 6) is 1.02. The number of aromatic nitrogens is 3. The Kier molecular flexibility index (Phi) is 11.0. The zero-order chi connectivity index (χ0) is 32.5. The minimum Gasteiger partial charge on any atom is -0.425 e. The molecule has 5 aromatic rings. The first-order valence-corrected chi connectivity index (χ1v) is 17.0. The molecule has 2 heterocycles. The monoisotopic (exact) mass is 645 g/mol. The molecule has 46 heavy (non-hydrogen) atoms. The van der Waals surface area contributed by atoms with Crippen LogP contribution in [0.15, 0.2) is 84.9 Å². The van der Waals surface area contributed by atoms with Crippen LogP contribution in [0.4, 0.5) is 5.82 Å². The van der Waals surface area contributed by atoms with Crippen LogP contribution in [-0.4, -0.2) is 39.8 Å². The number of imidazole rings is 1. The summed E-state index contributed by atoms with van der Waals surface area (Å²) in [6.07, 6.45) is 2.46. The van der Waals surface area contributed by atoms with Crippen LogP contribution in [-0.2, 0) is 25.2 Å². The summed E-state index contributed by atoms with van der Waals surface area (Å²) in [7, 11) is -4.15. The van der Waals surface area contributed by atoms with Crippen molar-refractivity contribution in [2.45, 2.75) is 58.7 Å². The highest BCUT2D eigenvalue weighted by Gasteiger charge is 2.34. The number of hydrogen-bond acceptors (Lipinski definition) is 9. The van der Waals surface area contributed by atoms with Gasteiger partial charge < -0.3 is 24.3 Å². The quantitative estimate of drug-likeness (QED) is 0.0642. The Labute approximate surface area is 268 Å². The highest BCUT2D eigenvalue weighted by atomic mass is 31.2. The van der Waals surface area contributed by atoms with Crippen LogP contribution < -0.4 is 20.1 Å². The standard InChI is InChI=1S/C34H40N5O6P/c1-4-6-15-25(39-30(23-42-5-2)37-31-32(39)28-20-13-14-21-29(28)36-33(31)35)22-43-46(41,45-27-18-11-8-12-19-27)38-24(3)34(40)44-26-16-9-7-10-17-26/h7-14,16-21,24-25H,4-6,15,22-23H2,1-3H3,(H2,35,36)(H,38,41)/t24-,25-,46-/m0/s1. The number of esters is 1. The second-order valence-electron chi connectivity index (χ2n) is 10.8. The molecule has 0 fully saturated rings. The molecule has 11 nitrogen and oxygen atoms in total. The molecule has 0 radical (unpaired) electrons. The zero-order valence-electron chi connectivity index (χ0n) is 26.3. The Bertz CT molecular complexity index is 1800. The molecule has 2 aromatic heterocycles. The van der Waals surface area contributed by atoms with Crippen LogP contribution in [0, 0.1) is 0 Å². The fourth-order valence-corrected chi connectivity index (χ4v) is 6.69. The molecule has 0 saturated carbocycles. The number of para-hydroxylation sites is 3. The number of unbranched alkanes of at least 4 members (excludes halogenated alkanes) is 1. The number of anilines is 1. The number of rotatable bonds is 16. The van der Waals surface area contributed by atoms with Crippen LogP contribution in [0.3, 0.4) is 0 Å². The number of carbonyl (C=O) groups is 1. The van der Waals surface area contributed by atoms with E-state index in [4.69, 9.17) is 29.2 Å². The van der Waals surface area contributed by atoms with Gasteiger partial charge in [0, 0.05) is 12.0 Å². The van der Waals surface area contributed by atoms with Crippen LogP contribution in [0.1, 0.15) is 51.9 Å². The van der Waals surface area contributed by atoms with Gasteiger partial charge in [-0.05, 0) is 50.6 Å². The van der Waals surface area contributed by atoms with Gasteiger partial charge in [0.05, 0.1) is 23.7 Å². The van der Waals surface area contributed by atoms with Crippen LogP contribution in [0.5, 0.6) is 11.5 Å². The van der Waals surface area contributed by atoms with Gasteiger partial charge in [0.15, 0.2) is 5.82 Å². The predicted octanol–water partition coefficient (Wildman–Crippen LogP) is 7.22. The highest BCUT2D eigenvalue weighted by molar-refractivity contribution is 7.52. The maximum absolute atomic E-state index is 14.4. The van der Waals surface area contributed by atoms with Gasteiger partial charge in [-0.1, -0.05) is 74.4 Å². The van der Waals surface area contributed by atoms with Crippen molar-refractivity contribution in [2.24, 2.45) is 0 Å². The second kappa shape index (κ2) is 15.3. The van der Waals surface area contributed by atoms with E-state index in [1.807, 2.05) is 43.3 Å². The molecule has 3 N–H and O–H groups in total. The topological polar surface area (TPSA) is 140 Å². The van der Waals surface area contributed by atoms with Crippen molar-refractivity contribution in [3.05, 3.63) is 90.8 Å². The lowest BCUT2D eigenvalue weighted by atomic mass is 10.1. The van der Waals surface area contributed by atoms with E-state index in [1.165, 1.54) is 0 Å². The van der Waals surface area contributed by atoms with Gasteiger partial charge in [-0.3, -0.25) is 4.52 Å². The summed E-state index contributed by atoms with van der Waals surface area (Å²) >= 11 is 0. The van der Waals surface area contributed by atoms with E-state index in [0.29, 0.717) is 41.7 Å². The normalized spacial score (nSPS) is 14.2. The molecule has 0 saturated heterocycles. The first-order valence-electron chi connectivity index (χ1n) is 15.5. The van der Waals surface area contributed by atoms with Crippen molar-refractivity contribution in [3.8, 4) is 11.5 Å². The van der Waals surface area contributed by atoms with Gasteiger partial charge in [0.2, 0.25) is 0 Å². The third-order valence-electron chi connectivity index (χ3n) is 7.39. The van der Waals surface area contributed by atoms with Gasteiger partial charge in [-0.2, -0.15) is 5.09 Å². The first-order chi connectivity index (χ1) is 22.3. The number of fused-ring (bicyclic) bond motifs is 3. The summed E-state index contributed by atoms with van der Waals surface area (Å²) in [5.41, 5.74) is 8.52. The maximum Gasteiger partial charge on any atom is 0.459 e. The van der Waals surface area contributed by atoms with Crippen molar-refractivity contribution in [2.75, 3.05) is 18.9 Å². The summed E-state index contributed by atoms with van der Waals surface area (Å²) in [5, 5.41) is 3.68. The average Bonchev–Trinajstić information content (AvgIpc) is 3.45. The third kappa shape index (κ3) is 7.92. The molecule has 3 aromatic carbocycles. The van der Waals surface area contributed by atoms with Crippen molar-refractivity contribution in [1.82, 2.24) is 19.6 Å². The molecule has 0 unspecified atom stereocenters. The lowest BCUT2D eigenvalue weighted by Gasteiger charge is -2.27. The van der Waals surface area contributed by atoms with E-state index < -0.39 is 19.8 Å². The maximum atomic E-state index is 14.4. The fraction of sp³-hybridized carbons (Fsp3) is 0.324. The second-order valence-corrected chi connectivity index (χ2v) is 12.5. The van der Waals surface area contributed by atoms with Gasteiger partial charge >= 0.3 is 13.7 Å². The minimum absolute atomic E-state index is 0.0291. The summed E-state index contributed by atoms with van der Waals surface area (Å²) < 4.78 is 40.0. The number of nitrogens with two attached hydrogens (primary N) is 1. The summed E-state index contributed by atoms with van der Waals surface area (Å²) in [6.45, 7) is 6.28. The first kappa shape index (κ1) is 33.1. The molecule has 0 spiro atoms. The smallest absolute Gasteiger partial charge is 0.425 e. The molecule has 12 heteroatoms. The van der Waals surface area contributed by atoms with Crippen LogP contribution in [0.2, 0.25) is 0 Å². The van der Waals surface area contributed by atoms with Crippen molar-refractivity contribution in [1.29, 1.82) is 0 Å². The van der Waals surface area contributed by atoms with Crippen molar-refractivity contribution >= 4 is 41.5 Å². The molecule has 242 valence electrons. The third-order valence-corrected chi connectivity index (χ3v) is 9.03. The average molecular weight is 646 g/mol. The largest absolute Gasteiger partial charge is 0.459 e. The molecule has 0 bridgehead atoms. The molecule has 0 aliphatic heterocycles. The van der Waals surface area contributed by atoms with E-state index >= 15 is 0 Å². The number of pyridine rings is 1. The number of ether oxygens (including phenoxy) is 2. The van der Waals surface area contributed by atoms with Crippen molar-refractivity contribution in [3.63, 3.8) is 0 Å². The number of nitrogens with zero attached hydrogens (tertiary/aromatic N) is 3. The Morgan fingerprint density at radius 3 is 2.33 bits per heavy atom. The molecular weight excluding hydrogens is 605 g/mol. The molecule has 0 aliphatic rings. The number of benzene rings is 3. The molecule has 0 amide bonds. The van der Waals surface area contributed by atoms with E-state index in [-0.39, 0.29) is 19.3 Å². The highest BCUT2D eigenvalue weighted by Crippen LogP contribution is 2.46. The van der Waals surface area contributed by atoms with Crippen LogP contribution >= 0.6 is 7.75 Å². The Morgan fingerprint density at radius 1 is 0.957 bits per heavy atom. The minimum atomic E-state index is -4.15. The predicted molar refractivity (Wildman–Crippen MR) is 179 cm³/mol. The Morgan fingerprint density at radius 2 is 1.63 bits per heavy atom. The van der Waals surface area contributed by atoms with Crippen molar-refractivity contribution < 1.29 is 27.9 Å². The number of carbonyl (C=O) groups excluding carboxylic acids is 1. The van der Waals surface area contributed by atoms with E-state index in [2.05, 4.69) is 21.6 Å². The molecular formula is C34H40N5O6P. The SMILES string of the molecule is CCCC[C@@H](CO[P@@](=O)(N[C@@H](C)C(=O)Oc1ccccc1)Oc1ccccc1)n1c(COCC)nc2c(N)nc3ccccc3c21. The van der Waals surface area contributed by atoms with Gasteiger partial charge in [-0.15, -0.1) is 0 Å². The lowest BCUT2D eigenvalue weighted by molar-refractivity contribution is -0.135. The Hall–Kier alpha value is -4.28. The zero-order valence-corrected chi connectivity index (χ0v) is 27.2. The van der Waals surface area contributed by atoms with Gasteiger partial charge in [0.1, 0.15) is 35.5 Å². The Balaban J connectivity index is 1.50.